The molecule has 3 aromatic rings. The van der Waals surface area contributed by atoms with Crippen LogP contribution in [0.25, 0.3) is 22.3 Å². The Kier molecular flexibility index (Phi) is 3.79. The minimum absolute atomic E-state index is 0.268. The molecule has 1 aliphatic rings. The molecule has 1 saturated carbocycles. The first kappa shape index (κ1) is 15.8. The second kappa shape index (κ2) is 5.99. The Morgan fingerprint density at radius 1 is 1.24 bits per heavy atom. The third-order valence-electron chi connectivity index (χ3n) is 5.22. The number of nitrogens with zero attached hydrogens (tertiary/aromatic N) is 2. The van der Waals surface area contributed by atoms with Crippen molar-refractivity contribution in [3.05, 3.63) is 53.5 Å². The lowest BCUT2D eigenvalue weighted by Crippen LogP contribution is -1.99. The van der Waals surface area contributed by atoms with E-state index in [2.05, 4.69) is 4.98 Å². The van der Waals surface area contributed by atoms with Gasteiger partial charge >= 0.3 is 5.97 Å². The summed E-state index contributed by atoms with van der Waals surface area (Å²) in [6.07, 6.45) is 5.87. The van der Waals surface area contributed by atoms with Gasteiger partial charge in [-0.15, -0.1) is 0 Å². The van der Waals surface area contributed by atoms with Gasteiger partial charge in [-0.3, -0.25) is 4.98 Å². The van der Waals surface area contributed by atoms with E-state index in [-0.39, 0.29) is 11.4 Å². The molecule has 0 saturated heterocycles. The van der Waals surface area contributed by atoms with E-state index in [1.54, 1.807) is 18.2 Å². The molecule has 128 valence electrons. The molecule has 2 aromatic heterocycles. The van der Waals surface area contributed by atoms with Crippen molar-refractivity contribution in [3.63, 3.8) is 0 Å². The number of rotatable bonds is 3. The van der Waals surface area contributed by atoms with Gasteiger partial charge in [0, 0.05) is 18.0 Å². The van der Waals surface area contributed by atoms with E-state index in [9.17, 15) is 14.3 Å². The van der Waals surface area contributed by atoms with Gasteiger partial charge in [0.15, 0.2) is 0 Å². The van der Waals surface area contributed by atoms with Crippen LogP contribution in [-0.2, 0) is 7.05 Å². The minimum Gasteiger partial charge on any atom is -0.478 e. The number of benzene rings is 1. The fraction of sp³-hybridized carbons (Fsp3) is 0.300. The minimum atomic E-state index is -0.938. The van der Waals surface area contributed by atoms with Gasteiger partial charge in [-0.25, -0.2) is 9.18 Å². The maximum Gasteiger partial charge on any atom is 0.335 e. The lowest BCUT2D eigenvalue weighted by Gasteiger charge is -2.13. The molecule has 1 aliphatic carbocycles. The van der Waals surface area contributed by atoms with E-state index in [1.165, 1.54) is 30.7 Å². The van der Waals surface area contributed by atoms with E-state index in [0.29, 0.717) is 5.92 Å². The van der Waals surface area contributed by atoms with E-state index in [0.717, 1.165) is 35.1 Å². The number of aryl methyl sites for hydroxylation is 1. The summed E-state index contributed by atoms with van der Waals surface area (Å²) >= 11 is 0. The van der Waals surface area contributed by atoms with E-state index >= 15 is 0 Å². The number of aromatic carboxylic acids is 1. The largest absolute Gasteiger partial charge is 0.478 e. The second-order valence-electron chi connectivity index (χ2n) is 6.70. The van der Waals surface area contributed by atoms with Crippen LogP contribution in [-0.4, -0.2) is 20.6 Å². The van der Waals surface area contributed by atoms with E-state index < -0.39 is 5.97 Å². The van der Waals surface area contributed by atoms with Crippen molar-refractivity contribution in [1.82, 2.24) is 9.55 Å². The van der Waals surface area contributed by atoms with Gasteiger partial charge in [-0.1, -0.05) is 18.9 Å². The van der Waals surface area contributed by atoms with Gasteiger partial charge in [0.1, 0.15) is 5.82 Å². The standard InChI is InChI=1S/C20H19FN2O2/c1-23-17-10-13(20(24)25)6-8-15(17)18(12-4-2-3-5-12)19(23)16-9-7-14(21)11-22-16/h6-12H,2-5H2,1H3,(H,24,25). The zero-order chi connectivity index (χ0) is 17.6. The molecule has 1 fully saturated rings. The predicted molar refractivity (Wildman–Crippen MR) is 94.3 cm³/mol. The zero-order valence-electron chi connectivity index (χ0n) is 14.0. The Balaban J connectivity index is 2.01. The first-order valence-corrected chi connectivity index (χ1v) is 8.54. The molecule has 0 unspecified atom stereocenters. The maximum atomic E-state index is 13.3. The van der Waals surface area contributed by atoms with Crippen molar-refractivity contribution in [1.29, 1.82) is 0 Å². The Morgan fingerprint density at radius 3 is 2.64 bits per heavy atom. The van der Waals surface area contributed by atoms with Gasteiger partial charge in [-0.2, -0.15) is 0 Å². The summed E-state index contributed by atoms with van der Waals surface area (Å²) in [4.78, 5) is 15.6. The van der Waals surface area contributed by atoms with E-state index in [1.807, 2.05) is 17.7 Å². The van der Waals surface area contributed by atoms with Gasteiger partial charge in [0.25, 0.3) is 0 Å². The number of carboxylic acids is 1. The number of carbonyl (C=O) groups is 1. The topological polar surface area (TPSA) is 55.1 Å². The molecule has 0 amide bonds. The summed E-state index contributed by atoms with van der Waals surface area (Å²) < 4.78 is 15.3. The molecule has 4 rings (SSSR count). The van der Waals surface area contributed by atoms with Crippen LogP contribution in [0.5, 0.6) is 0 Å². The van der Waals surface area contributed by atoms with Crippen LogP contribution in [0.15, 0.2) is 36.5 Å². The van der Waals surface area contributed by atoms with E-state index in [4.69, 9.17) is 0 Å². The van der Waals surface area contributed by atoms with Crippen molar-refractivity contribution in [2.24, 2.45) is 7.05 Å². The van der Waals surface area contributed by atoms with Gasteiger partial charge < -0.3 is 9.67 Å². The molecular formula is C20H19FN2O2. The number of hydrogen-bond acceptors (Lipinski definition) is 2. The van der Waals surface area contributed by atoms with Crippen molar-refractivity contribution >= 4 is 16.9 Å². The summed E-state index contributed by atoms with van der Waals surface area (Å²) in [5, 5.41) is 10.4. The highest BCUT2D eigenvalue weighted by molar-refractivity contribution is 5.97. The van der Waals surface area contributed by atoms with Crippen molar-refractivity contribution in [2.75, 3.05) is 0 Å². The highest BCUT2D eigenvalue weighted by Gasteiger charge is 2.27. The molecule has 4 nitrogen and oxygen atoms in total. The molecule has 0 spiro atoms. The maximum absolute atomic E-state index is 13.3. The normalized spacial score (nSPS) is 15.1. The molecule has 2 heterocycles. The van der Waals surface area contributed by atoms with Crippen LogP contribution in [0.1, 0.15) is 47.5 Å². The van der Waals surface area contributed by atoms with Gasteiger partial charge in [-0.05, 0) is 48.6 Å². The quantitative estimate of drug-likeness (QED) is 0.751. The Hall–Kier alpha value is -2.69. The third kappa shape index (κ3) is 2.60. The van der Waals surface area contributed by atoms with Crippen LogP contribution < -0.4 is 0 Å². The molecule has 1 N–H and O–H groups in total. The van der Waals surface area contributed by atoms with Crippen molar-refractivity contribution in [3.8, 4) is 11.4 Å². The van der Waals surface area contributed by atoms with Gasteiger partial charge in [0.2, 0.25) is 0 Å². The van der Waals surface area contributed by atoms with Crippen molar-refractivity contribution in [2.45, 2.75) is 31.6 Å². The third-order valence-corrected chi connectivity index (χ3v) is 5.22. The van der Waals surface area contributed by atoms with Crippen LogP contribution in [0.4, 0.5) is 4.39 Å². The SMILES string of the molecule is Cn1c(-c2ccc(F)cn2)c(C2CCCC2)c2ccc(C(=O)O)cc21. The Labute approximate surface area is 144 Å². The lowest BCUT2D eigenvalue weighted by atomic mass is 9.93. The summed E-state index contributed by atoms with van der Waals surface area (Å²) in [5.41, 5.74) is 4.04. The number of carboxylic acid groups (broad SMARTS) is 1. The summed E-state index contributed by atoms with van der Waals surface area (Å²) in [7, 11) is 1.92. The number of halogens is 1. The fourth-order valence-corrected chi connectivity index (χ4v) is 4.05. The average Bonchev–Trinajstić information content (AvgIpc) is 3.22. The monoisotopic (exact) mass is 338 g/mol. The number of aromatic nitrogens is 2. The first-order valence-electron chi connectivity index (χ1n) is 8.54. The van der Waals surface area contributed by atoms with Crippen LogP contribution >= 0.6 is 0 Å². The predicted octanol–water partition coefficient (Wildman–Crippen LogP) is 4.74. The van der Waals surface area contributed by atoms with Crippen molar-refractivity contribution < 1.29 is 14.3 Å². The average molecular weight is 338 g/mol. The fourth-order valence-electron chi connectivity index (χ4n) is 4.05. The Bertz CT molecular complexity index is 954. The molecular weight excluding hydrogens is 319 g/mol. The second-order valence-corrected chi connectivity index (χ2v) is 6.70. The van der Waals surface area contributed by atoms with Crippen LogP contribution in [0.2, 0.25) is 0 Å². The molecule has 0 aliphatic heterocycles. The molecule has 0 bridgehead atoms. The number of hydrogen-bond donors (Lipinski definition) is 1. The molecule has 1 aromatic carbocycles. The molecule has 25 heavy (non-hydrogen) atoms. The number of pyridine rings is 1. The zero-order valence-corrected chi connectivity index (χ0v) is 14.0. The Morgan fingerprint density at radius 2 is 2.00 bits per heavy atom. The van der Waals surface area contributed by atoms with Crippen LogP contribution in [0, 0.1) is 5.82 Å². The lowest BCUT2D eigenvalue weighted by molar-refractivity contribution is 0.0697. The number of fused-ring (bicyclic) bond motifs is 1. The molecule has 5 heteroatoms. The molecule has 0 radical (unpaired) electrons. The molecule has 0 atom stereocenters. The highest BCUT2D eigenvalue weighted by atomic mass is 19.1. The summed E-state index contributed by atoms with van der Waals surface area (Å²) in [6, 6.07) is 8.38. The summed E-state index contributed by atoms with van der Waals surface area (Å²) in [6.45, 7) is 0. The van der Waals surface area contributed by atoms with Gasteiger partial charge in [0.05, 0.1) is 23.1 Å². The first-order chi connectivity index (χ1) is 12.1. The highest BCUT2D eigenvalue weighted by Crippen LogP contribution is 2.44. The summed E-state index contributed by atoms with van der Waals surface area (Å²) in [5.74, 6) is -0.869. The van der Waals surface area contributed by atoms with Crippen LogP contribution in [0.3, 0.4) is 0 Å². The smallest absolute Gasteiger partial charge is 0.335 e.